The predicted octanol–water partition coefficient (Wildman–Crippen LogP) is 7.41. The Morgan fingerprint density at radius 1 is 0.780 bits per heavy atom. The second-order valence-corrected chi connectivity index (χ2v) is 10.6. The van der Waals surface area contributed by atoms with Gasteiger partial charge in [0, 0.05) is 25.8 Å². The molecule has 0 unspecified atom stereocenters. The minimum absolute atomic E-state index is 0.108. The standard InChI is InChI=1S/C35H41N3O3/c1-3-4-5-6-9-21-36-35(41)38(2)32-14-10-13-31(24-32)29-18-15-26(16-19-29)23-33(34(39)40)37-25-27-17-20-28-11-7-8-12-30(28)22-27/h7-8,10-20,22,24,33,37H,3-6,9,21,23,25H2,1-2H3,(H,36,41)(H,39,40)/t33-/m0/s1. The molecular weight excluding hydrogens is 510 g/mol. The van der Waals surface area contributed by atoms with Crippen LogP contribution in [-0.2, 0) is 17.8 Å². The van der Waals surface area contributed by atoms with Gasteiger partial charge in [0.05, 0.1) is 0 Å². The SMILES string of the molecule is CCCCCCCNC(=O)N(C)c1cccc(-c2ccc(C[C@H](NCc3ccc4ccccc4c3)C(=O)O)cc2)c1. The number of hydrogen-bond donors (Lipinski definition) is 3. The molecule has 6 heteroatoms. The molecule has 6 nitrogen and oxygen atoms in total. The Balaban J connectivity index is 1.33. The summed E-state index contributed by atoms with van der Waals surface area (Å²) < 4.78 is 0. The van der Waals surface area contributed by atoms with Crippen molar-refractivity contribution in [3.05, 3.63) is 102 Å². The number of anilines is 1. The van der Waals surface area contributed by atoms with Gasteiger partial charge in [-0.2, -0.15) is 0 Å². The molecule has 0 aromatic heterocycles. The number of carbonyl (C=O) groups excluding carboxylic acids is 1. The maximum absolute atomic E-state index is 12.6. The van der Waals surface area contributed by atoms with E-state index in [-0.39, 0.29) is 6.03 Å². The summed E-state index contributed by atoms with van der Waals surface area (Å²) in [6.45, 7) is 3.36. The van der Waals surface area contributed by atoms with Crippen LogP contribution in [0.15, 0.2) is 91.0 Å². The molecule has 41 heavy (non-hydrogen) atoms. The van der Waals surface area contributed by atoms with Crippen molar-refractivity contribution in [3.63, 3.8) is 0 Å². The number of unbranched alkanes of at least 4 members (excludes halogenated alkanes) is 4. The number of nitrogens with zero attached hydrogens (tertiary/aromatic N) is 1. The Labute approximate surface area is 243 Å². The van der Waals surface area contributed by atoms with Gasteiger partial charge in [-0.05, 0) is 64.1 Å². The van der Waals surface area contributed by atoms with E-state index in [0.717, 1.165) is 46.2 Å². The van der Waals surface area contributed by atoms with Gasteiger partial charge in [-0.25, -0.2) is 4.79 Å². The summed E-state index contributed by atoms with van der Waals surface area (Å²) >= 11 is 0. The van der Waals surface area contributed by atoms with Crippen molar-refractivity contribution in [2.45, 2.75) is 58.0 Å². The number of amides is 2. The topological polar surface area (TPSA) is 81.7 Å². The summed E-state index contributed by atoms with van der Waals surface area (Å²) in [5.74, 6) is -0.871. The van der Waals surface area contributed by atoms with Gasteiger partial charge in [-0.1, -0.05) is 105 Å². The van der Waals surface area contributed by atoms with Crippen molar-refractivity contribution in [3.8, 4) is 11.1 Å². The first-order valence-corrected chi connectivity index (χ1v) is 14.6. The average Bonchev–Trinajstić information content (AvgIpc) is 3.00. The first-order valence-electron chi connectivity index (χ1n) is 14.6. The van der Waals surface area contributed by atoms with Gasteiger partial charge in [-0.15, -0.1) is 0 Å². The highest BCUT2D eigenvalue weighted by Gasteiger charge is 2.18. The number of nitrogens with one attached hydrogen (secondary N) is 2. The number of carbonyl (C=O) groups is 2. The van der Waals surface area contributed by atoms with Crippen molar-refractivity contribution in [1.29, 1.82) is 0 Å². The molecule has 3 N–H and O–H groups in total. The molecule has 0 aliphatic heterocycles. The second-order valence-electron chi connectivity index (χ2n) is 10.6. The van der Waals surface area contributed by atoms with Crippen molar-refractivity contribution in [2.75, 3.05) is 18.5 Å². The van der Waals surface area contributed by atoms with Crippen molar-refractivity contribution in [1.82, 2.24) is 10.6 Å². The highest BCUT2D eigenvalue weighted by Crippen LogP contribution is 2.25. The number of aliphatic carboxylic acids is 1. The van der Waals surface area contributed by atoms with E-state index >= 15 is 0 Å². The third kappa shape index (κ3) is 8.66. The lowest BCUT2D eigenvalue weighted by Crippen LogP contribution is -2.38. The number of carboxylic acids is 1. The Morgan fingerprint density at radius 3 is 2.27 bits per heavy atom. The van der Waals surface area contributed by atoms with Crippen LogP contribution in [0.2, 0.25) is 0 Å². The molecule has 0 bridgehead atoms. The monoisotopic (exact) mass is 551 g/mol. The van der Waals surface area contributed by atoms with E-state index in [2.05, 4.69) is 41.8 Å². The van der Waals surface area contributed by atoms with Crippen molar-refractivity contribution >= 4 is 28.5 Å². The second kappa shape index (κ2) is 15.0. The number of rotatable bonds is 14. The lowest BCUT2D eigenvalue weighted by Gasteiger charge is -2.19. The summed E-state index contributed by atoms with van der Waals surface area (Å²) in [5, 5.41) is 18.4. The van der Waals surface area contributed by atoms with E-state index in [1.54, 1.807) is 11.9 Å². The van der Waals surface area contributed by atoms with Crippen LogP contribution in [0.5, 0.6) is 0 Å². The number of hydrogen-bond acceptors (Lipinski definition) is 3. The maximum Gasteiger partial charge on any atom is 0.321 e. The third-order valence-corrected chi connectivity index (χ3v) is 7.49. The zero-order valence-electron chi connectivity index (χ0n) is 24.1. The van der Waals surface area contributed by atoms with Crippen LogP contribution >= 0.6 is 0 Å². The molecule has 0 fully saturated rings. The summed E-state index contributed by atoms with van der Waals surface area (Å²) in [4.78, 5) is 26.3. The highest BCUT2D eigenvalue weighted by molar-refractivity contribution is 5.92. The zero-order chi connectivity index (χ0) is 29.0. The fraction of sp³-hybridized carbons (Fsp3) is 0.314. The third-order valence-electron chi connectivity index (χ3n) is 7.49. The molecule has 0 aliphatic carbocycles. The van der Waals surface area contributed by atoms with Crippen LogP contribution in [-0.4, -0.2) is 36.7 Å². The van der Waals surface area contributed by atoms with Crippen molar-refractivity contribution < 1.29 is 14.7 Å². The molecule has 4 rings (SSSR count). The molecule has 0 saturated heterocycles. The molecule has 2 amide bonds. The summed E-state index contributed by atoms with van der Waals surface area (Å²) in [7, 11) is 1.78. The van der Waals surface area contributed by atoms with Crippen LogP contribution in [0.4, 0.5) is 10.5 Å². The predicted molar refractivity (Wildman–Crippen MR) is 168 cm³/mol. The van der Waals surface area contributed by atoms with Gasteiger partial charge in [-0.3, -0.25) is 9.69 Å². The van der Waals surface area contributed by atoms with E-state index in [1.807, 2.05) is 66.7 Å². The zero-order valence-corrected chi connectivity index (χ0v) is 24.1. The Morgan fingerprint density at radius 2 is 1.51 bits per heavy atom. The van der Waals surface area contributed by atoms with E-state index in [9.17, 15) is 14.7 Å². The van der Waals surface area contributed by atoms with E-state index in [1.165, 1.54) is 24.6 Å². The molecule has 0 aliphatic rings. The molecular formula is C35H41N3O3. The minimum atomic E-state index is -0.871. The number of urea groups is 1. The lowest BCUT2D eigenvalue weighted by atomic mass is 10.00. The Kier molecular flexibility index (Phi) is 10.9. The van der Waals surface area contributed by atoms with E-state index in [4.69, 9.17) is 0 Å². The number of fused-ring (bicyclic) bond motifs is 1. The van der Waals surface area contributed by atoms with Gasteiger partial charge in [0.25, 0.3) is 0 Å². The summed E-state index contributed by atoms with van der Waals surface area (Å²) in [6, 6.07) is 29.4. The van der Waals surface area contributed by atoms with Gasteiger partial charge < -0.3 is 15.7 Å². The van der Waals surface area contributed by atoms with Gasteiger partial charge in [0.15, 0.2) is 0 Å². The summed E-state index contributed by atoms with van der Waals surface area (Å²) in [6.07, 6.45) is 6.17. The fourth-order valence-electron chi connectivity index (χ4n) is 4.96. The molecule has 0 spiro atoms. The molecule has 0 radical (unpaired) electrons. The molecule has 1 atom stereocenters. The number of carboxylic acid groups (broad SMARTS) is 1. The van der Waals surface area contributed by atoms with Gasteiger partial charge >= 0.3 is 12.0 Å². The van der Waals surface area contributed by atoms with Crippen LogP contribution in [0, 0.1) is 0 Å². The lowest BCUT2D eigenvalue weighted by molar-refractivity contribution is -0.139. The van der Waals surface area contributed by atoms with Crippen LogP contribution in [0.1, 0.15) is 50.2 Å². The molecule has 214 valence electrons. The van der Waals surface area contributed by atoms with Gasteiger partial charge in [0.2, 0.25) is 0 Å². The minimum Gasteiger partial charge on any atom is -0.480 e. The number of benzene rings is 4. The molecule has 0 heterocycles. The summed E-state index contributed by atoms with van der Waals surface area (Å²) in [5.41, 5.74) is 4.82. The molecule has 4 aromatic carbocycles. The smallest absolute Gasteiger partial charge is 0.321 e. The molecule has 0 saturated carbocycles. The van der Waals surface area contributed by atoms with Crippen molar-refractivity contribution in [2.24, 2.45) is 0 Å². The maximum atomic E-state index is 12.6. The first kappa shape index (κ1) is 29.8. The van der Waals surface area contributed by atoms with Crippen LogP contribution in [0.3, 0.4) is 0 Å². The Hall–Kier alpha value is -4.16. The van der Waals surface area contributed by atoms with E-state index in [0.29, 0.717) is 19.5 Å². The van der Waals surface area contributed by atoms with Crippen LogP contribution in [0.25, 0.3) is 21.9 Å². The fourth-order valence-corrected chi connectivity index (χ4v) is 4.96. The average molecular weight is 552 g/mol. The normalized spacial score (nSPS) is 11.8. The Bertz CT molecular complexity index is 1430. The quantitative estimate of drug-likeness (QED) is 0.143. The molecule has 4 aromatic rings. The first-order chi connectivity index (χ1) is 19.9. The van der Waals surface area contributed by atoms with Crippen LogP contribution < -0.4 is 15.5 Å². The largest absolute Gasteiger partial charge is 0.480 e. The highest BCUT2D eigenvalue weighted by atomic mass is 16.4. The van der Waals surface area contributed by atoms with E-state index < -0.39 is 12.0 Å². The van der Waals surface area contributed by atoms with Gasteiger partial charge in [0.1, 0.15) is 6.04 Å².